The molecule has 2 atom stereocenters. The Bertz CT molecular complexity index is 996. The van der Waals surface area contributed by atoms with Crippen LogP contribution < -0.4 is 10.6 Å². The molecule has 1 saturated heterocycles. The lowest BCUT2D eigenvalue weighted by atomic mass is 9.93. The standard InChI is InChI=1S/C20H23N7O/c1-13-12-28-9-8-27(13)18-10-16(14(11-22)2-5-21)15-3-6-23-20(19(15)25-18)17-4-7-24-26-17/h3-4,6-7,10,13-14H,2,5,8-9,12,21H2,1H3,(H,24,26)/t13-,14?/m1/s1. The molecule has 1 aliphatic heterocycles. The molecule has 4 rings (SSSR count). The maximum absolute atomic E-state index is 9.79. The molecule has 144 valence electrons. The van der Waals surface area contributed by atoms with Gasteiger partial charge in [-0.1, -0.05) is 0 Å². The average molecular weight is 377 g/mol. The Balaban J connectivity index is 1.95. The summed E-state index contributed by atoms with van der Waals surface area (Å²) in [6.07, 6.45) is 4.03. The van der Waals surface area contributed by atoms with E-state index in [4.69, 9.17) is 15.5 Å². The first-order valence-electron chi connectivity index (χ1n) is 9.46. The highest BCUT2D eigenvalue weighted by Gasteiger charge is 2.24. The van der Waals surface area contributed by atoms with Crippen molar-refractivity contribution in [3.05, 3.63) is 36.2 Å². The van der Waals surface area contributed by atoms with Gasteiger partial charge in [0.1, 0.15) is 17.0 Å². The first-order chi connectivity index (χ1) is 13.7. The third-order valence-electron chi connectivity index (χ3n) is 5.15. The molecule has 3 N–H and O–H groups in total. The van der Waals surface area contributed by atoms with Crippen molar-refractivity contribution in [2.24, 2.45) is 5.73 Å². The van der Waals surface area contributed by atoms with Gasteiger partial charge in [0.15, 0.2) is 0 Å². The number of pyridine rings is 2. The Morgan fingerprint density at radius 3 is 3.04 bits per heavy atom. The summed E-state index contributed by atoms with van der Waals surface area (Å²) in [6.45, 7) is 4.63. The fourth-order valence-corrected chi connectivity index (χ4v) is 3.71. The molecule has 0 spiro atoms. The summed E-state index contributed by atoms with van der Waals surface area (Å²) in [4.78, 5) is 11.7. The molecule has 8 heteroatoms. The van der Waals surface area contributed by atoms with Gasteiger partial charge in [-0.05, 0) is 43.7 Å². The summed E-state index contributed by atoms with van der Waals surface area (Å²) in [7, 11) is 0. The second-order valence-corrected chi connectivity index (χ2v) is 6.97. The molecule has 0 radical (unpaired) electrons. The van der Waals surface area contributed by atoms with Crippen molar-refractivity contribution in [1.29, 1.82) is 5.26 Å². The second-order valence-electron chi connectivity index (χ2n) is 6.97. The summed E-state index contributed by atoms with van der Waals surface area (Å²) in [5.74, 6) is 0.534. The molecule has 28 heavy (non-hydrogen) atoms. The number of hydrogen-bond acceptors (Lipinski definition) is 7. The van der Waals surface area contributed by atoms with E-state index in [-0.39, 0.29) is 12.0 Å². The van der Waals surface area contributed by atoms with Gasteiger partial charge >= 0.3 is 0 Å². The number of nitriles is 1. The topological polar surface area (TPSA) is 117 Å². The van der Waals surface area contributed by atoms with E-state index in [2.05, 4.69) is 33.1 Å². The van der Waals surface area contributed by atoms with Gasteiger partial charge in [-0.2, -0.15) is 10.4 Å². The van der Waals surface area contributed by atoms with Gasteiger partial charge in [-0.25, -0.2) is 4.98 Å². The third-order valence-corrected chi connectivity index (χ3v) is 5.15. The van der Waals surface area contributed by atoms with Crippen molar-refractivity contribution in [3.8, 4) is 17.5 Å². The van der Waals surface area contributed by atoms with Crippen molar-refractivity contribution in [1.82, 2.24) is 20.2 Å². The van der Waals surface area contributed by atoms with Gasteiger partial charge in [-0.3, -0.25) is 10.1 Å². The third kappa shape index (κ3) is 3.30. The lowest BCUT2D eigenvalue weighted by molar-refractivity contribution is 0.0985. The molecule has 3 aromatic heterocycles. The summed E-state index contributed by atoms with van der Waals surface area (Å²) in [5.41, 5.74) is 9.00. The predicted octanol–water partition coefficient (Wildman–Crippen LogP) is 2.20. The van der Waals surface area contributed by atoms with Crippen LogP contribution in [-0.4, -0.2) is 52.5 Å². The molecule has 0 amide bonds. The number of anilines is 1. The van der Waals surface area contributed by atoms with E-state index >= 15 is 0 Å². The molecule has 1 unspecified atom stereocenters. The molecule has 0 aliphatic carbocycles. The fraction of sp³-hybridized carbons (Fsp3) is 0.400. The average Bonchev–Trinajstić information content (AvgIpc) is 3.26. The fourth-order valence-electron chi connectivity index (χ4n) is 3.71. The molecule has 0 saturated carbocycles. The van der Waals surface area contributed by atoms with E-state index in [0.717, 1.165) is 40.2 Å². The highest BCUT2D eigenvalue weighted by Crippen LogP contribution is 2.34. The lowest BCUT2D eigenvalue weighted by Crippen LogP contribution is -2.44. The minimum Gasteiger partial charge on any atom is -0.377 e. The van der Waals surface area contributed by atoms with Crippen LogP contribution in [0.1, 0.15) is 24.8 Å². The highest BCUT2D eigenvalue weighted by atomic mass is 16.5. The number of nitrogens with zero attached hydrogens (tertiary/aromatic N) is 5. The van der Waals surface area contributed by atoms with Crippen LogP contribution in [-0.2, 0) is 4.74 Å². The zero-order chi connectivity index (χ0) is 19.5. The summed E-state index contributed by atoms with van der Waals surface area (Å²) in [5, 5.41) is 17.7. The van der Waals surface area contributed by atoms with Crippen molar-refractivity contribution in [2.75, 3.05) is 31.2 Å². The Morgan fingerprint density at radius 1 is 1.43 bits per heavy atom. The first-order valence-corrected chi connectivity index (χ1v) is 9.46. The molecule has 4 heterocycles. The van der Waals surface area contributed by atoms with Crippen molar-refractivity contribution >= 4 is 16.7 Å². The van der Waals surface area contributed by atoms with Crippen LogP contribution in [0.5, 0.6) is 0 Å². The number of morpholine rings is 1. The molecule has 0 bridgehead atoms. The Hall–Kier alpha value is -3.02. The van der Waals surface area contributed by atoms with Gasteiger partial charge in [0.05, 0.1) is 36.9 Å². The van der Waals surface area contributed by atoms with E-state index in [9.17, 15) is 5.26 Å². The maximum Gasteiger partial charge on any atom is 0.130 e. The van der Waals surface area contributed by atoms with E-state index in [1.54, 1.807) is 12.4 Å². The lowest BCUT2D eigenvalue weighted by Gasteiger charge is -2.35. The molecule has 1 aliphatic rings. The number of hydrogen-bond donors (Lipinski definition) is 2. The van der Waals surface area contributed by atoms with Gasteiger partial charge in [0, 0.05) is 24.3 Å². The number of aromatic amines is 1. The maximum atomic E-state index is 9.79. The zero-order valence-electron chi connectivity index (χ0n) is 15.8. The highest BCUT2D eigenvalue weighted by molar-refractivity contribution is 5.94. The van der Waals surface area contributed by atoms with Gasteiger partial charge in [0.2, 0.25) is 0 Å². The molecule has 0 aromatic carbocycles. The Labute approximate surface area is 163 Å². The Morgan fingerprint density at radius 2 is 2.32 bits per heavy atom. The Kier molecular flexibility index (Phi) is 5.19. The minimum absolute atomic E-state index is 0.203. The van der Waals surface area contributed by atoms with Gasteiger partial charge < -0.3 is 15.4 Å². The van der Waals surface area contributed by atoms with Crippen LogP contribution in [0.15, 0.2) is 30.6 Å². The normalized spacial score (nSPS) is 18.2. The van der Waals surface area contributed by atoms with Crippen LogP contribution in [0.25, 0.3) is 22.3 Å². The molecule has 8 nitrogen and oxygen atoms in total. The molecular weight excluding hydrogens is 354 g/mol. The number of nitrogens with one attached hydrogen (secondary N) is 1. The zero-order valence-corrected chi connectivity index (χ0v) is 15.8. The number of fused-ring (bicyclic) bond motifs is 1. The molecule has 1 fully saturated rings. The first kappa shape index (κ1) is 18.3. The van der Waals surface area contributed by atoms with E-state index in [1.807, 2.05) is 18.2 Å². The summed E-state index contributed by atoms with van der Waals surface area (Å²) >= 11 is 0. The number of aromatic nitrogens is 4. The van der Waals surface area contributed by atoms with Gasteiger partial charge in [-0.15, -0.1) is 0 Å². The summed E-state index contributed by atoms with van der Waals surface area (Å²) < 4.78 is 5.58. The van der Waals surface area contributed by atoms with E-state index in [1.165, 1.54) is 0 Å². The van der Waals surface area contributed by atoms with Gasteiger partial charge in [0.25, 0.3) is 0 Å². The number of H-pyrrole nitrogens is 1. The minimum atomic E-state index is -0.303. The quantitative estimate of drug-likeness (QED) is 0.700. The van der Waals surface area contributed by atoms with Crippen LogP contribution >= 0.6 is 0 Å². The monoisotopic (exact) mass is 377 g/mol. The van der Waals surface area contributed by atoms with E-state index < -0.39 is 0 Å². The molecular formula is C20H23N7O. The summed E-state index contributed by atoms with van der Waals surface area (Å²) in [6, 6.07) is 8.44. The second kappa shape index (κ2) is 7.92. The van der Waals surface area contributed by atoms with Crippen molar-refractivity contribution in [3.63, 3.8) is 0 Å². The largest absolute Gasteiger partial charge is 0.377 e. The smallest absolute Gasteiger partial charge is 0.130 e. The van der Waals surface area contributed by atoms with Crippen LogP contribution in [0.2, 0.25) is 0 Å². The number of ether oxygens (including phenoxy) is 1. The molecule has 3 aromatic rings. The van der Waals surface area contributed by atoms with Crippen LogP contribution in [0.4, 0.5) is 5.82 Å². The van der Waals surface area contributed by atoms with E-state index in [0.29, 0.717) is 26.2 Å². The predicted molar refractivity (Wildman–Crippen MR) is 107 cm³/mol. The van der Waals surface area contributed by atoms with Crippen molar-refractivity contribution in [2.45, 2.75) is 25.3 Å². The van der Waals surface area contributed by atoms with Crippen molar-refractivity contribution < 1.29 is 4.74 Å². The SMILES string of the molecule is C[C@@H]1COCCN1c1cc(C(C#N)CCN)c2ccnc(-c3ccn[nH]3)c2n1. The number of nitrogens with two attached hydrogens (primary N) is 1. The van der Waals surface area contributed by atoms with Crippen LogP contribution in [0, 0.1) is 11.3 Å². The number of rotatable bonds is 5. The van der Waals surface area contributed by atoms with Crippen LogP contribution in [0.3, 0.4) is 0 Å².